The molecule has 1 atom stereocenters. The first kappa shape index (κ1) is 13.5. The molecule has 0 saturated heterocycles. The third-order valence-electron chi connectivity index (χ3n) is 3.70. The zero-order valence-corrected chi connectivity index (χ0v) is 10.7. The molecule has 0 aliphatic heterocycles. The summed E-state index contributed by atoms with van der Waals surface area (Å²) >= 11 is 0. The SMILES string of the molecule is CCCN(C=O)C1(C(=O)O)CCc2cc(F)ccc21. The monoisotopic (exact) mass is 265 g/mol. The van der Waals surface area contributed by atoms with Crippen molar-refractivity contribution in [2.45, 2.75) is 31.7 Å². The Morgan fingerprint density at radius 1 is 1.58 bits per heavy atom. The van der Waals surface area contributed by atoms with Crippen LogP contribution in [0, 0.1) is 5.82 Å². The molecule has 0 bridgehead atoms. The van der Waals surface area contributed by atoms with E-state index >= 15 is 0 Å². The predicted molar refractivity (Wildman–Crippen MR) is 67.1 cm³/mol. The van der Waals surface area contributed by atoms with Crippen molar-refractivity contribution in [3.05, 3.63) is 35.1 Å². The highest BCUT2D eigenvalue weighted by Gasteiger charge is 2.49. The summed E-state index contributed by atoms with van der Waals surface area (Å²) < 4.78 is 13.2. The van der Waals surface area contributed by atoms with Crippen molar-refractivity contribution in [3.8, 4) is 0 Å². The number of nitrogens with zero attached hydrogens (tertiary/aromatic N) is 1. The number of benzene rings is 1. The Morgan fingerprint density at radius 2 is 2.32 bits per heavy atom. The van der Waals surface area contributed by atoms with Gasteiger partial charge in [-0.3, -0.25) is 4.79 Å². The Balaban J connectivity index is 2.55. The number of fused-ring (bicyclic) bond motifs is 1. The third kappa shape index (κ3) is 1.99. The highest BCUT2D eigenvalue weighted by molar-refractivity contribution is 5.85. The van der Waals surface area contributed by atoms with Crippen LogP contribution in [0.5, 0.6) is 0 Å². The maximum absolute atomic E-state index is 13.2. The number of carboxylic acids is 1. The Kier molecular flexibility index (Phi) is 3.55. The average molecular weight is 265 g/mol. The highest BCUT2D eigenvalue weighted by atomic mass is 19.1. The summed E-state index contributed by atoms with van der Waals surface area (Å²) in [6, 6.07) is 4.09. The van der Waals surface area contributed by atoms with Crippen LogP contribution in [0.2, 0.25) is 0 Å². The number of rotatable bonds is 5. The Morgan fingerprint density at radius 3 is 2.89 bits per heavy atom. The second kappa shape index (κ2) is 4.99. The molecule has 0 saturated carbocycles. The number of aryl methyl sites for hydroxylation is 1. The Labute approximate surface area is 110 Å². The van der Waals surface area contributed by atoms with E-state index in [0.29, 0.717) is 43.3 Å². The number of halogens is 1. The van der Waals surface area contributed by atoms with Crippen molar-refractivity contribution in [1.82, 2.24) is 4.90 Å². The second-order valence-corrected chi connectivity index (χ2v) is 4.77. The molecule has 0 radical (unpaired) electrons. The first-order chi connectivity index (χ1) is 9.06. The van der Waals surface area contributed by atoms with Gasteiger partial charge in [0.15, 0.2) is 5.54 Å². The van der Waals surface area contributed by atoms with Crippen molar-refractivity contribution in [1.29, 1.82) is 0 Å². The van der Waals surface area contributed by atoms with E-state index in [9.17, 15) is 19.1 Å². The molecule has 5 heteroatoms. The molecular weight excluding hydrogens is 249 g/mol. The first-order valence-corrected chi connectivity index (χ1v) is 6.30. The standard InChI is InChI=1S/C14H16FNO3/c1-2-7-16(9-17)14(13(18)19)6-5-10-8-11(15)3-4-12(10)14/h3-4,8-9H,2,5-7H2,1H3,(H,18,19). The first-order valence-electron chi connectivity index (χ1n) is 6.30. The van der Waals surface area contributed by atoms with Crippen LogP contribution in [0.15, 0.2) is 18.2 Å². The summed E-state index contributed by atoms with van der Waals surface area (Å²) in [6.45, 7) is 2.25. The fourth-order valence-electron chi connectivity index (χ4n) is 2.84. The maximum atomic E-state index is 13.2. The van der Waals surface area contributed by atoms with Crippen LogP contribution in [-0.2, 0) is 21.5 Å². The summed E-state index contributed by atoms with van der Waals surface area (Å²) in [6.07, 6.45) is 2.01. The Bertz CT molecular complexity index is 517. The van der Waals surface area contributed by atoms with Crippen LogP contribution in [-0.4, -0.2) is 28.9 Å². The number of carboxylic acid groups (broad SMARTS) is 1. The molecule has 1 aliphatic carbocycles. The molecule has 1 N–H and O–H groups in total. The van der Waals surface area contributed by atoms with Gasteiger partial charge in [0, 0.05) is 6.54 Å². The number of amides is 1. The molecule has 1 aromatic carbocycles. The van der Waals surface area contributed by atoms with Gasteiger partial charge >= 0.3 is 5.97 Å². The van der Waals surface area contributed by atoms with Gasteiger partial charge in [-0.2, -0.15) is 0 Å². The molecule has 19 heavy (non-hydrogen) atoms. The number of carbonyl (C=O) groups excluding carboxylic acids is 1. The predicted octanol–water partition coefficient (Wildman–Crippen LogP) is 1.92. The van der Waals surface area contributed by atoms with E-state index in [2.05, 4.69) is 0 Å². The molecule has 0 heterocycles. The van der Waals surface area contributed by atoms with E-state index < -0.39 is 11.5 Å². The van der Waals surface area contributed by atoms with Gasteiger partial charge in [0.25, 0.3) is 0 Å². The highest BCUT2D eigenvalue weighted by Crippen LogP contribution is 2.41. The molecule has 4 nitrogen and oxygen atoms in total. The van der Waals surface area contributed by atoms with Crippen LogP contribution in [0.1, 0.15) is 30.9 Å². The lowest BCUT2D eigenvalue weighted by Crippen LogP contribution is -2.50. The summed E-state index contributed by atoms with van der Waals surface area (Å²) in [5.74, 6) is -1.44. The van der Waals surface area contributed by atoms with Crippen molar-refractivity contribution >= 4 is 12.4 Å². The molecular formula is C14H16FNO3. The topological polar surface area (TPSA) is 57.6 Å². The minimum atomic E-state index is -1.35. The van der Waals surface area contributed by atoms with E-state index in [1.165, 1.54) is 23.1 Å². The average Bonchev–Trinajstić information content (AvgIpc) is 2.75. The molecule has 1 amide bonds. The van der Waals surface area contributed by atoms with Crippen LogP contribution in [0.3, 0.4) is 0 Å². The zero-order chi connectivity index (χ0) is 14.0. The second-order valence-electron chi connectivity index (χ2n) is 4.77. The van der Waals surface area contributed by atoms with Crippen LogP contribution >= 0.6 is 0 Å². The summed E-state index contributed by atoms with van der Waals surface area (Å²) in [5.41, 5.74) is -0.145. The van der Waals surface area contributed by atoms with Gasteiger partial charge in [-0.15, -0.1) is 0 Å². The molecule has 0 aromatic heterocycles. The molecule has 1 aromatic rings. The fraction of sp³-hybridized carbons (Fsp3) is 0.429. The van der Waals surface area contributed by atoms with Crippen molar-refractivity contribution in [3.63, 3.8) is 0 Å². The number of hydrogen-bond acceptors (Lipinski definition) is 2. The third-order valence-corrected chi connectivity index (χ3v) is 3.70. The van der Waals surface area contributed by atoms with E-state index in [0.717, 1.165) is 0 Å². The molecule has 1 unspecified atom stereocenters. The van der Waals surface area contributed by atoms with E-state index in [1.54, 1.807) is 0 Å². The van der Waals surface area contributed by atoms with Gasteiger partial charge in [-0.25, -0.2) is 9.18 Å². The van der Waals surface area contributed by atoms with E-state index in [1.807, 2.05) is 6.92 Å². The van der Waals surface area contributed by atoms with E-state index in [4.69, 9.17) is 0 Å². The Hall–Kier alpha value is -1.91. The molecule has 0 fully saturated rings. The molecule has 2 rings (SSSR count). The number of carbonyl (C=O) groups is 2. The smallest absolute Gasteiger partial charge is 0.334 e. The fourth-order valence-corrected chi connectivity index (χ4v) is 2.84. The van der Waals surface area contributed by atoms with Gasteiger partial charge < -0.3 is 10.0 Å². The molecule has 102 valence electrons. The normalized spacial score (nSPS) is 20.9. The molecule has 1 aliphatic rings. The summed E-state index contributed by atoms with van der Waals surface area (Å²) in [5, 5.41) is 9.61. The van der Waals surface area contributed by atoms with Gasteiger partial charge in [0.1, 0.15) is 5.82 Å². The number of hydrogen-bond donors (Lipinski definition) is 1. The van der Waals surface area contributed by atoms with Crippen molar-refractivity contribution < 1.29 is 19.1 Å². The van der Waals surface area contributed by atoms with Crippen LogP contribution in [0.25, 0.3) is 0 Å². The summed E-state index contributed by atoms with van der Waals surface area (Å²) in [7, 11) is 0. The minimum Gasteiger partial charge on any atom is -0.479 e. The van der Waals surface area contributed by atoms with Crippen LogP contribution < -0.4 is 0 Å². The lowest BCUT2D eigenvalue weighted by atomic mass is 9.90. The van der Waals surface area contributed by atoms with Gasteiger partial charge in [0.2, 0.25) is 6.41 Å². The number of aliphatic carboxylic acids is 1. The zero-order valence-electron chi connectivity index (χ0n) is 10.7. The lowest BCUT2D eigenvalue weighted by Gasteiger charge is -2.35. The van der Waals surface area contributed by atoms with Crippen molar-refractivity contribution in [2.75, 3.05) is 6.54 Å². The minimum absolute atomic E-state index is 0.292. The van der Waals surface area contributed by atoms with Crippen molar-refractivity contribution in [2.24, 2.45) is 0 Å². The van der Waals surface area contributed by atoms with Gasteiger partial charge in [-0.05, 0) is 42.5 Å². The summed E-state index contributed by atoms with van der Waals surface area (Å²) in [4.78, 5) is 24.3. The quantitative estimate of drug-likeness (QED) is 0.827. The van der Waals surface area contributed by atoms with Crippen LogP contribution in [0.4, 0.5) is 4.39 Å². The maximum Gasteiger partial charge on any atom is 0.334 e. The lowest BCUT2D eigenvalue weighted by molar-refractivity contribution is -0.156. The van der Waals surface area contributed by atoms with Gasteiger partial charge in [-0.1, -0.05) is 13.0 Å². The van der Waals surface area contributed by atoms with Gasteiger partial charge in [0.05, 0.1) is 0 Å². The largest absolute Gasteiger partial charge is 0.479 e. The van der Waals surface area contributed by atoms with E-state index in [-0.39, 0.29) is 5.82 Å². The molecule has 0 spiro atoms.